The lowest BCUT2D eigenvalue weighted by Crippen LogP contribution is -2.27. The molecule has 0 fully saturated rings. The maximum Gasteiger partial charge on any atom is 0.225 e. The Kier molecular flexibility index (Phi) is 4.39. The minimum atomic E-state index is 0.0419. The number of hydrogen-bond donors (Lipinski definition) is 2. The zero-order chi connectivity index (χ0) is 15.4. The van der Waals surface area contributed by atoms with Crippen LogP contribution in [-0.2, 0) is 17.6 Å². The summed E-state index contributed by atoms with van der Waals surface area (Å²) < 4.78 is 5.19. The summed E-state index contributed by atoms with van der Waals surface area (Å²) >= 11 is 1.60. The van der Waals surface area contributed by atoms with Gasteiger partial charge in [-0.3, -0.25) is 4.79 Å². The Bertz CT molecular complexity index is 765. The monoisotopic (exact) mass is 315 g/mol. The number of aromatic amines is 1. The summed E-state index contributed by atoms with van der Waals surface area (Å²) in [5.41, 5.74) is 1.85. The third kappa shape index (κ3) is 3.46. The maximum absolute atomic E-state index is 11.8. The molecule has 0 atom stereocenters. The molecule has 0 bridgehead atoms. The molecule has 0 aliphatic heterocycles. The largest absolute Gasteiger partial charge is 0.497 e. The first-order valence-corrected chi connectivity index (χ1v) is 7.94. The van der Waals surface area contributed by atoms with E-state index in [1.165, 1.54) is 0 Å². The lowest BCUT2D eigenvalue weighted by Gasteiger charge is -2.02. The van der Waals surface area contributed by atoms with Gasteiger partial charge in [-0.15, -0.1) is 11.3 Å². The molecule has 0 aliphatic rings. The fourth-order valence-corrected chi connectivity index (χ4v) is 2.94. The van der Waals surface area contributed by atoms with Crippen molar-refractivity contribution in [2.45, 2.75) is 12.8 Å². The molecule has 0 saturated heterocycles. The van der Waals surface area contributed by atoms with Crippen molar-refractivity contribution in [1.29, 1.82) is 0 Å². The Morgan fingerprint density at radius 3 is 3.09 bits per heavy atom. The van der Waals surface area contributed by atoms with Crippen molar-refractivity contribution in [3.05, 3.63) is 46.4 Å². The molecule has 3 rings (SSSR count). The average Bonchev–Trinajstić information content (AvgIpc) is 3.15. The third-order valence-corrected chi connectivity index (χ3v) is 4.21. The van der Waals surface area contributed by atoms with Crippen molar-refractivity contribution in [2.75, 3.05) is 13.7 Å². The Morgan fingerprint density at radius 2 is 2.32 bits per heavy atom. The fourth-order valence-electron chi connectivity index (χ4n) is 2.24. The summed E-state index contributed by atoms with van der Waals surface area (Å²) in [4.78, 5) is 20.6. The summed E-state index contributed by atoms with van der Waals surface area (Å²) in [7, 11) is 1.64. The summed E-state index contributed by atoms with van der Waals surface area (Å²) in [5, 5.41) is 4.90. The van der Waals surface area contributed by atoms with Crippen LogP contribution in [-0.4, -0.2) is 29.5 Å². The predicted molar refractivity (Wildman–Crippen MR) is 87.4 cm³/mol. The van der Waals surface area contributed by atoms with Gasteiger partial charge in [0.2, 0.25) is 5.91 Å². The molecule has 1 amide bonds. The first-order chi connectivity index (χ1) is 10.7. The topological polar surface area (TPSA) is 67.0 Å². The standard InChI is InChI=1S/C16H17N3O2S/c1-21-11-4-5-13-14(9-11)19-15(18-13)6-7-17-16(20)10-12-3-2-8-22-12/h2-5,8-9H,6-7,10H2,1H3,(H,17,20)(H,18,19). The van der Waals surface area contributed by atoms with Crippen LogP contribution in [0.15, 0.2) is 35.7 Å². The highest BCUT2D eigenvalue weighted by atomic mass is 32.1. The SMILES string of the molecule is COc1ccc2nc(CCNC(=O)Cc3cccs3)[nH]c2c1. The number of carbonyl (C=O) groups excluding carboxylic acids is 1. The number of aromatic nitrogens is 2. The van der Waals surface area contributed by atoms with E-state index in [1.807, 2.05) is 35.7 Å². The third-order valence-electron chi connectivity index (χ3n) is 3.34. The number of amides is 1. The van der Waals surface area contributed by atoms with Crippen LogP contribution in [0.25, 0.3) is 11.0 Å². The van der Waals surface area contributed by atoms with E-state index in [-0.39, 0.29) is 5.91 Å². The first kappa shape index (κ1) is 14.6. The zero-order valence-corrected chi connectivity index (χ0v) is 13.1. The molecule has 0 spiro atoms. The highest BCUT2D eigenvalue weighted by Gasteiger charge is 2.06. The molecule has 3 aromatic rings. The number of hydrogen-bond acceptors (Lipinski definition) is 4. The molecule has 1 aromatic carbocycles. The van der Waals surface area contributed by atoms with Crippen molar-refractivity contribution in [1.82, 2.24) is 15.3 Å². The van der Waals surface area contributed by atoms with E-state index in [0.717, 1.165) is 27.5 Å². The van der Waals surface area contributed by atoms with E-state index in [4.69, 9.17) is 4.74 Å². The Morgan fingerprint density at radius 1 is 1.41 bits per heavy atom. The molecule has 6 heteroatoms. The second kappa shape index (κ2) is 6.62. The summed E-state index contributed by atoms with van der Waals surface area (Å²) in [6.07, 6.45) is 1.11. The molecule has 0 unspecified atom stereocenters. The molecular formula is C16H17N3O2S. The van der Waals surface area contributed by atoms with Gasteiger partial charge in [0.05, 0.1) is 24.6 Å². The summed E-state index contributed by atoms with van der Waals surface area (Å²) in [6.45, 7) is 0.571. The quantitative estimate of drug-likeness (QED) is 0.734. The van der Waals surface area contributed by atoms with Crippen LogP contribution in [0.2, 0.25) is 0 Å². The minimum Gasteiger partial charge on any atom is -0.497 e. The highest BCUT2D eigenvalue weighted by molar-refractivity contribution is 7.10. The smallest absolute Gasteiger partial charge is 0.225 e. The molecule has 0 saturated carbocycles. The Labute approximate surface area is 132 Å². The van der Waals surface area contributed by atoms with Crippen LogP contribution >= 0.6 is 11.3 Å². The zero-order valence-electron chi connectivity index (χ0n) is 12.3. The second-order valence-corrected chi connectivity index (χ2v) is 5.95. The van der Waals surface area contributed by atoms with Gasteiger partial charge in [0.1, 0.15) is 11.6 Å². The van der Waals surface area contributed by atoms with Gasteiger partial charge in [0, 0.05) is 23.9 Å². The number of H-pyrrole nitrogens is 1. The van der Waals surface area contributed by atoms with Crippen molar-refractivity contribution in [3.63, 3.8) is 0 Å². The van der Waals surface area contributed by atoms with Gasteiger partial charge >= 0.3 is 0 Å². The molecule has 0 radical (unpaired) electrons. The van der Waals surface area contributed by atoms with E-state index < -0.39 is 0 Å². The molecule has 114 valence electrons. The molecule has 22 heavy (non-hydrogen) atoms. The van der Waals surface area contributed by atoms with Gasteiger partial charge in [-0.05, 0) is 23.6 Å². The lowest BCUT2D eigenvalue weighted by molar-refractivity contribution is -0.120. The van der Waals surface area contributed by atoms with Crippen molar-refractivity contribution < 1.29 is 9.53 Å². The van der Waals surface area contributed by atoms with Crippen LogP contribution < -0.4 is 10.1 Å². The number of rotatable bonds is 6. The van der Waals surface area contributed by atoms with Crippen LogP contribution in [0.1, 0.15) is 10.7 Å². The van der Waals surface area contributed by atoms with E-state index in [2.05, 4.69) is 15.3 Å². The molecule has 0 aliphatic carbocycles. The molecule has 5 nitrogen and oxygen atoms in total. The second-order valence-electron chi connectivity index (χ2n) is 4.92. The summed E-state index contributed by atoms with van der Waals surface area (Å²) in [6, 6.07) is 9.65. The number of carbonyl (C=O) groups is 1. The van der Waals surface area contributed by atoms with Gasteiger partial charge < -0.3 is 15.0 Å². The molecule has 2 N–H and O–H groups in total. The van der Waals surface area contributed by atoms with Crippen molar-refractivity contribution in [3.8, 4) is 5.75 Å². The highest BCUT2D eigenvalue weighted by Crippen LogP contribution is 2.18. The van der Waals surface area contributed by atoms with Crippen LogP contribution in [0.4, 0.5) is 0 Å². The normalized spacial score (nSPS) is 10.8. The number of methoxy groups -OCH3 is 1. The van der Waals surface area contributed by atoms with E-state index in [9.17, 15) is 4.79 Å². The van der Waals surface area contributed by atoms with Gasteiger partial charge in [0.25, 0.3) is 0 Å². The minimum absolute atomic E-state index is 0.0419. The number of benzene rings is 1. The van der Waals surface area contributed by atoms with Crippen molar-refractivity contribution in [2.24, 2.45) is 0 Å². The van der Waals surface area contributed by atoms with Gasteiger partial charge in [-0.1, -0.05) is 6.07 Å². The maximum atomic E-state index is 11.8. The van der Waals surface area contributed by atoms with Crippen LogP contribution in [0, 0.1) is 0 Å². The van der Waals surface area contributed by atoms with E-state index in [0.29, 0.717) is 19.4 Å². The van der Waals surface area contributed by atoms with Crippen LogP contribution in [0.3, 0.4) is 0 Å². The number of fused-ring (bicyclic) bond motifs is 1. The summed E-state index contributed by atoms with van der Waals surface area (Å²) in [5.74, 6) is 1.70. The number of nitrogens with one attached hydrogen (secondary N) is 2. The number of imidazole rings is 1. The number of nitrogens with zero attached hydrogens (tertiary/aromatic N) is 1. The molecule has 2 heterocycles. The van der Waals surface area contributed by atoms with Gasteiger partial charge in [-0.2, -0.15) is 0 Å². The van der Waals surface area contributed by atoms with Gasteiger partial charge in [0.15, 0.2) is 0 Å². The van der Waals surface area contributed by atoms with E-state index >= 15 is 0 Å². The van der Waals surface area contributed by atoms with E-state index in [1.54, 1.807) is 18.4 Å². The lowest BCUT2D eigenvalue weighted by atomic mass is 10.3. The van der Waals surface area contributed by atoms with Gasteiger partial charge in [-0.25, -0.2) is 4.98 Å². The Balaban J connectivity index is 1.54. The predicted octanol–water partition coefficient (Wildman–Crippen LogP) is 2.53. The first-order valence-electron chi connectivity index (χ1n) is 7.06. The number of thiophene rings is 1. The molecule has 2 aromatic heterocycles. The molecular weight excluding hydrogens is 298 g/mol. The number of ether oxygens (including phenoxy) is 1. The average molecular weight is 315 g/mol. The fraction of sp³-hybridized carbons (Fsp3) is 0.250. The Hall–Kier alpha value is -2.34. The van der Waals surface area contributed by atoms with Crippen LogP contribution in [0.5, 0.6) is 5.75 Å². The van der Waals surface area contributed by atoms with Crippen molar-refractivity contribution >= 4 is 28.3 Å².